The Bertz CT molecular complexity index is 8500. The molecule has 0 saturated carbocycles. The topological polar surface area (TPSA) is 77.3 Å². The summed E-state index contributed by atoms with van der Waals surface area (Å²) in [5.74, 6) is 2.26. The lowest BCUT2D eigenvalue weighted by Gasteiger charge is -2.24. The Morgan fingerprint density at radius 2 is 0.394 bits per heavy atom. The predicted molar refractivity (Wildman–Crippen MR) is 557 cm³/mol. The van der Waals surface area contributed by atoms with Crippen molar-refractivity contribution in [1.82, 2.24) is 29.9 Å². The SMILES string of the molecule is CC1(C)c2ccccc2-c2nc(-c3ccc(-c4ccccc4)cc3)nc(-c3ccc(-c4cccc5c4sc4ccccc45)cc3)c21.CC1(C)c2ccccc2-c2nc(-c3cccc(-c4ccccc4)c3)nc(-c3ccc(-c4cccc5c4sc4ccccc45)cc3)c21.CC1(C)c2ccccc2-c2nc(-c3ccccc3)nc(-c3ccc(-c4cccc5c4sc4ccccc45)cc3)c21. The van der Waals surface area contributed by atoms with E-state index < -0.39 is 0 Å². The van der Waals surface area contributed by atoms with E-state index in [-0.39, 0.29) is 16.2 Å². The van der Waals surface area contributed by atoms with Gasteiger partial charge in [0.25, 0.3) is 0 Å². The normalized spacial score (nSPS) is 13.3. The van der Waals surface area contributed by atoms with Gasteiger partial charge in [-0.15, -0.1) is 34.0 Å². The van der Waals surface area contributed by atoms with Gasteiger partial charge in [-0.3, -0.25) is 0 Å². The Morgan fingerprint density at radius 1 is 0.167 bits per heavy atom. The summed E-state index contributed by atoms with van der Waals surface area (Å²) in [7, 11) is 0. The third-order valence-electron chi connectivity index (χ3n) is 27.3. The molecular formula is C123H86N6S3. The molecule has 0 fully saturated rings. The quantitative estimate of drug-likeness (QED) is 0.128. The Balaban J connectivity index is 0.000000110. The van der Waals surface area contributed by atoms with Crippen LogP contribution in [0.25, 0.3) is 218 Å². The largest absolute Gasteiger partial charge is 0.228 e. The van der Waals surface area contributed by atoms with Crippen LogP contribution in [0.4, 0.5) is 0 Å². The molecule has 6 nitrogen and oxygen atoms in total. The standard InChI is InChI=1S/2C43H30N2S.C37H26N2S/c1-43(2)36-20-8-6-17-35(36)40-38(43)39(44-42(45-40)31-15-10-14-30(26-31)27-12-4-3-5-13-27)29-24-22-28(23-25-29)32-18-11-19-34-33-16-7-9-21-37(33)46-41(32)34;1-43(2)36-17-8-6-14-35(36)40-38(43)39(44-42(45-40)31-25-19-28(20-26-31)27-11-4-3-5-12-27)30-23-21-29(22-24-30)32-15-10-16-34-33-13-7-9-18-37(33)46-41(32)34;1-37(2)30-17-8-6-14-29(30)34-32(37)33(38-36(39-34)25-11-4-3-5-12-25)24-21-19-23(20-22-24)26-15-10-16-28-27-13-7-9-18-31(27)40-35(26)28/h2*3-26H,1-2H3;3-22H,1-2H3. The van der Waals surface area contributed by atoms with Crippen LogP contribution >= 0.6 is 34.0 Å². The molecule has 0 saturated heterocycles. The molecule has 6 aromatic heterocycles. The third kappa shape index (κ3) is 13.5. The second-order valence-corrected chi connectivity index (χ2v) is 39.4. The number of hydrogen-bond donors (Lipinski definition) is 0. The van der Waals surface area contributed by atoms with E-state index in [1.54, 1.807) is 0 Å². The van der Waals surface area contributed by atoms with E-state index in [0.29, 0.717) is 0 Å². The van der Waals surface area contributed by atoms with Gasteiger partial charge < -0.3 is 0 Å². The predicted octanol–water partition coefficient (Wildman–Crippen LogP) is 33.8. The van der Waals surface area contributed by atoms with E-state index in [1.807, 2.05) is 58.3 Å². The molecule has 0 radical (unpaired) electrons. The summed E-state index contributed by atoms with van der Waals surface area (Å²) in [6.07, 6.45) is 0. The first kappa shape index (κ1) is 80.0. The second-order valence-electron chi connectivity index (χ2n) is 36.2. The molecular weight excluding hydrogens is 1660 g/mol. The maximum Gasteiger partial charge on any atom is 0.160 e. The molecule has 17 aromatic carbocycles. The minimum Gasteiger partial charge on any atom is -0.228 e. The van der Waals surface area contributed by atoms with Gasteiger partial charge in [0, 0.05) is 144 Å². The molecule has 626 valence electrons. The van der Waals surface area contributed by atoms with Gasteiger partial charge in [-0.05, 0) is 96.6 Å². The monoisotopic (exact) mass is 1740 g/mol. The van der Waals surface area contributed by atoms with E-state index >= 15 is 0 Å². The summed E-state index contributed by atoms with van der Waals surface area (Å²) >= 11 is 5.61. The molecule has 0 amide bonds. The molecule has 0 bridgehead atoms. The van der Waals surface area contributed by atoms with Gasteiger partial charge >= 0.3 is 0 Å². The minimum atomic E-state index is -0.229. The number of hydrogen-bond acceptors (Lipinski definition) is 9. The minimum absolute atomic E-state index is 0.197. The zero-order chi connectivity index (χ0) is 88.5. The average Bonchev–Trinajstić information content (AvgIpc) is 1.89. The van der Waals surface area contributed by atoms with Crippen molar-refractivity contribution in [1.29, 1.82) is 0 Å². The fourth-order valence-electron chi connectivity index (χ4n) is 20.7. The smallest absolute Gasteiger partial charge is 0.160 e. The fraction of sp³-hybridized carbons (Fsp3) is 0.0732. The van der Waals surface area contributed by atoms with Gasteiger partial charge in [0.15, 0.2) is 17.5 Å². The van der Waals surface area contributed by atoms with E-state index in [1.165, 1.54) is 161 Å². The van der Waals surface area contributed by atoms with Gasteiger partial charge in [0.05, 0.1) is 34.2 Å². The molecule has 132 heavy (non-hydrogen) atoms. The Hall–Kier alpha value is -15.4. The molecule has 23 aromatic rings. The summed E-state index contributed by atoms with van der Waals surface area (Å²) in [5, 5.41) is 7.93. The van der Waals surface area contributed by atoms with E-state index in [9.17, 15) is 0 Å². The first-order valence-electron chi connectivity index (χ1n) is 45.2. The number of rotatable bonds is 11. The van der Waals surface area contributed by atoms with E-state index in [4.69, 9.17) is 29.9 Å². The van der Waals surface area contributed by atoms with Crippen LogP contribution in [0, 0.1) is 0 Å². The fourth-order valence-corrected chi connectivity index (χ4v) is 24.4. The lowest BCUT2D eigenvalue weighted by Crippen LogP contribution is -2.17. The zero-order valence-corrected chi connectivity index (χ0v) is 76.1. The molecule has 6 heterocycles. The van der Waals surface area contributed by atoms with Crippen LogP contribution in [0.2, 0.25) is 0 Å². The van der Waals surface area contributed by atoms with Crippen LogP contribution < -0.4 is 0 Å². The molecule has 0 aliphatic heterocycles. The van der Waals surface area contributed by atoms with E-state index in [0.717, 1.165) is 90.6 Å². The van der Waals surface area contributed by atoms with Crippen molar-refractivity contribution >= 4 is 94.5 Å². The molecule has 3 aliphatic rings. The lowest BCUT2D eigenvalue weighted by atomic mass is 9.80. The highest BCUT2D eigenvalue weighted by Gasteiger charge is 2.43. The summed E-state index contributed by atoms with van der Waals surface area (Å²) in [6, 6.07) is 148. The summed E-state index contributed by atoms with van der Waals surface area (Å²) in [5.41, 5.74) is 35.1. The lowest BCUT2D eigenvalue weighted by molar-refractivity contribution is 0.657. The van der Waals surface area contributed by atoms with Crippen molar-refractivity contribution < 1.29 is 0 Å². The zero-order valence-electron chi connectivity index (χ0n) is 73.7. The molecule has 0 N–H and O–H groups in total. The number of nitrogens with zero attached hydrogens (tertiary/aromatic N) is 6. The highest BCUT2D eigenvalue weighted by Crippen LogP contribution is 2.56. The van der Waals surface area contributed by atoms with Crippen molar-refractivity contribution in [3.05, 3.63) is 446 Å². The Morgan fingerprint density at radius 3 is 0.758 bits per heavy atom. The Kier molecular flexibility index (Phi) is 19.4. The van der Waals surface area contributed by atoms with Gasteiger partial charge in [0.1, 0.15) is 0 Å². The van der Waals surface area contributed by atoms with Crippen molar-refractivity contribution in [2.24, 2.45) is 0 Å². The molecule has 3 aliphatic carbocycles. The number of benzene rings is 17. The summed E-state index contributed by atoms with van der Waals surface area (Å²) < 4.78 is 7.97. The highest BCUT2D eigenvalue weighted by atomic mass is 32.1. The van der Waals surface area contributed by atoms with Crippen molar-refractivity contribution in [3.63, 3.8) is 0 Å². The van der Waals surface area contributed by atoms with Crippen LogP contribution in [-0.2, 0) is 16.2 Å². The van der Waals surface area contributed by atoms with Crippen LogP contribution in [0.1, 0.15) is 74.9 Å². The first-order chi connectivity index (χ1) is 64.7. The second kappa shape index (κ2) is 32.1. The number of thiophene rings is 3. The van der Waals surface area contributed by atoms with Crippen LogP contribution in [0.5, 0.6) is 0 Å². The van der Waals surface area contributed by atoms with E-state index in [2.05, 4.69) is 430 Å². The van der Waals surface area contributed by atoms with Crippen molar-refractivity contribution in [2.45, 2.75) is 57.8 Å². The van der Waals surface area contributed by atoms with Gasteiger partial charge in [-0.25, -0.2) is 29.9 Å². The summed E-state index contributed by atoms with van der Waals surface area (Å²) in [6.45, 7) is 13.8. The van der Waals surface area contributed by atoms with Crippen LogP contribution in [-0.4, -0.2) is 29.9 Å². The molecule has 0 atom stereocenters. The maximum absolute atomic E-state index is 5.37. The van der Waals surface area contributed by atoms with Crippen LogP contribution in [0.3, 0.4) is 0 Å². The number of aromatic nitrogens is 6. The number of fused-ring (bicyclic) bond motifs is 18. The van der Waals surface area contributed by atoms with Crippen LogP contribution in [0.15, 0.2) is 413 Å². The van der Waals surface area contributed by atoms with Gasteiger partial charge in [-0.2, -0.15) is 0 Å². The molecule has 26 rings (SSSR count). The van der Waals surface area contributed by atoms with Gasteiger partial charge in [-0.1, -0.05) is 430 Å². The van der Waals surface area contributed by atoms with Gasteiger partial charge in [0.2, 0.25) is 0 Å². The molecule has 0 unspecified atom stereocenters. The van der Waals surface area contributed by atoms with Crippen molar-refractivity contribution in [2.75, 3.05) is 0 Å². The Labute approximate surface area is 779 Å². The summed E-state index contributed by atoms with van der Waals surface area (Å²) in [4.78, 5) is 31.7. The first-order valence-corrected chi connectivity index (χ1v) is 47.6. The highest BCUT2D eigenvalue weighted by molar-refractivity contribution is 7.27. The maximum atomic E-state index is 5.37. The third-order valence-corrected chi connectivity index (χ3v) is 31.0. The van der Waals surface area contributed by atoms with Crippen molar-refractivity contribution in [3.8, 4) is 157 Å². The molecule has 9 heteroatoms. The average molecular weight is 1740 g/mol. The molecule has 0 spiro atoms.